The molecular formula is C15H30ClN3O2. The fraction of sp³-hybridized carbons (Fsp3) is 0.867. The van der Waals surface area contributed by atoms with E-state index in [4.69, 9.17) is 5.73 Å². The Morgan fingerprint density at radius 1 is 1.24 bits per heavy atom. The van der Waals surface area contributed by atoms with Gasteiger partial charge in [0.2, 0.25) is 11.8 Å². The number of nitrogens with one attached hydrogen (secondary N) is 1. The van der Waals surface area contributed by atoms with Crippen molar-refractivity contribution in [3.8, 4) is 0 Å². The maximum Gasteiger partial charge on any atom is 0.242 e. The number of halogens is 1. The molecule has 0 saturated carbocycles. The molecule has 124 valence electrons. The molecule has 0 aromatic rings. The second-order valence-electron chi connectivity index (χ2n) is 7.44. The Morgan fingerprint density at radius 3 is 2.29 bits per heavy atom. The van der Waals surface area contributed by atoms with Gasteiger partial charge in [-0.25, -0.2) is 0 Å². The predicted molar refractivity (Wildman–Crippen MR) is 87.3 cm³/mol. The van der Waals surface area contributed by atoms with Crippen molar-refractivity contribution in [1.29, 1.82) is 0 Å². The standard InChI is InChI=1S/C15H29N3O2.ClH/c1-14(2,3)12(19)17-9-11-7-6-8-18(10-11)13(20)15(4,5)16;/h11H,6-10,16H2,1-5H3,(H,17,19);1H. The molecule has 3 N–H and O–H groups in total. The highest BCUT2D eigenvalue weighted by Gasteiger charge is 2.32. The average molecular weight is 320 g/mol. The Hall–Kier alpha value is -0.810. The summed E-state index contributed by atoms with van der Waals surface area (Å²) in [4.78, 5) is 25.9. The van der Waals surface area contributed by atoms with E-state index in [-0.39, 0.29) is 29.6 Å². The van der Waals surface area contributed by atoms with Gasteiger partial charge in [0.1, 0.15) is 0 Å². The first kappa shape index (κ1) is 20.2. The molecule has 1 fully saturated rings. The Labute approximate surface area is 134 Å². The molecular weight excluding hydrogens is 290 g/mol. The van der Waals surface area contributed by atoms with Gasteiger partial charge in [-0.05, 0) is 32.6 Å². The van der Waals surface area contributed by atoms with E-state index in [2.05, 4.69) is 5.32 Å². The molecule has 0 spiro atoms. The number of hydrogen-bond acceptors (Lipinski definition) is 3. The van der Waals surface area contributed by atoms with Crippen LogP contribution in [0.4, 0.5) is 0 Å². The van der Waals surface area contributed by atoms with Crippen molar-refractivity contribution < 1.29 is 9.59 Å². The van der Waals surface area contributed by atoms with Crippen molar-refractivity contribution in [3.63, 3.8) is 0 Å². The summed E-state index contributed by atoms with van der Waals surface area (Å²) in [5.74, 6) is 0.366. The van der Waals surface area contributed by atoms with Crippen LogP contribution in [0.25, 0.3) is 0 Å². The van der Waals surface area contributed by atoms with E-state index in [9.17, 15) is 9.59 Å². The number of amides is 2. The first-order valence-corrected chi connectivity index (χ1v) is 7.38. The number of carbonyl (C=O) groups excluding carboxylic acids is 2. The Balaban J connectivity index is 0.00000400. The van der Waals surface area contributed by atoms with Crippen molar-refractivity contribution in [2.75, 3.05) is 19.6 Å². The quantitative estimate of drug-likeness (QED) is 0.828. The second kappa shape index (κ2) is 7.45. The minimum absolute atomic E-state index is 0. The van der Waals surface area contributed by atoms with Gasteiger partial charge in [0.05, 0.1) is 5.54 Å². The molecule has 0 aromatic carbocycles. The number of nitrogens with two attached hydrogens (primary N) is 1. The van der Waals surface area contributed by atoms with Gasteiger partial charge in [0.25, 0.3) is 0 Å². The lowest BCUT2D eigenvalue weighted by Gasteiger charge is -2.36. The molecule has 5 nitrogen and oxygen atoms in total. The van der Waals surface area contributed by atoms with Gasteiger partial charge in [-0.15, -0.1) is 12.4 Å². The van der Waals surface area contributed by atoms with Crippen molar-refractivity contribution in [3.05, 3.63) is 0 Å². The third kappa shape index (κ3) is 6.22. The summed E-state index contributed by atoms with van der Waals surface area (Å²) >= 11 is 0. The van der Waals surface area contributed by atoms with Gasteiger partial charge >= 0.3 is 0 Å². The van der Waals surface area contributed by atoms with E-state index in [1.807, 2.05) is 25.7 Å². The van der Waals surface area contributed by atoms with E-state index in [0.717, 1.165) is 19.4 Å². The summed E-state index contributed by atoms with van der Waals surface area (Å²) in [6.07, 6.45) is 2.01. The van der Waals surface area contributed by atoms with Crippen LogP contribution in [0.3, 0.4) is 0 Å². The van der Waals surface area contributed by atoms with Crippen LogP contribution in [-0.4, -0.2) is 41.9 Å². The molecule has 2 amide bonds. The summed E-state index contributed by atoms with van der Waals surface area (Å²) < 4.78 is 0. The van der Waals surface area contributed by atoms with Crippen LogP contribution in [0, 0.1) is 11.3 Å². The molecule has 1 rings (SSSR count). The topological polar surface area (TPSA) is 75.4 Å². The van der Waals surface area contributed by atoms with Crippen LogP contribution in [0.1, 0.15) is 47.5 Å². The van der Waals surface area contributed by atoms with E-state index in [1.165, 1.54) is 0 Å². The van der Waals surface area contributed by atoms with Crippen LogP contribution in [0.15, 0.2) is 0 Å². The molecule has 1 aliphatic heterocycles. The minimum atomic E-state index is -0.823. The lowest BCUT2D eigenvalue weighted by Crippen LogP contribution is -2.54. The van der Waals surface area contributed by atoms with Crippen LogP contribution in [0.5, 0.6) is 0 Å². The van der Waals surface area contributed by atoms with Crippen molar-refractivity contribution in [1.82, 2.24) is 10.2 Å². The van der Waals surface area contributed by atoms with Crippen LogP contribution < -0.4 is 11.1 Å². The predicted octanol–water partition coefficient (Wildman–Crippen LogP) is 1.55. The summed E-state index contributed by atoms with van der Waals surface area (Å²) in [6, 6.07) is 0. The Bertz CT molecular complexity index is 372. The van der Waals surface area contributed by atoms with Crippen LogP contribution >= 0.6 is 12.4 Å². The first-order chi connectivity index (χ1) is 9.01. The molecule has 0 aliphatic carbocycles. The number of hydrogen-bond donors (Lipinski definition) is 2. The molecule has 1 heterocycles. The lowest BCUT2D eigenvalue weighted by molar-refractivity contribution is -0.137. The third-order valence-corrected chi connectivity index (χ3v) is 3.59. The van der Waals surface area contributed by atoms with Gasteiger partial charge in [-0.3, -0.25) is 9.59 Å². The van der Waals surface area contributed by atoms with Crippen molar-refractivity contribution in [2.45, 2.75) is 53.0 Å². The van der Waals surface area contributed by atoms with Gasteiger partial charge in [-0.2, -0.15) is 0 Å². The fourth-order valence-corrected chi connectivity index (χ4v) is 2.33. The smallest absolute Gasteiger partial charge is 0.242 e. The number of nitrogens with zero attached hydrogens (tertiary/aromatic N) is 1. The fourth-order valence-electron chi connectivity index (χ4n) is 2.33. The Kier molecular flexibility index (Phi) is 7.16. The zero-order valence-corrected chi connectivity index (χ0v) is 14.7. The minimum Gasteiger partial charge on any atom is -0.355 e. The second-order valence-corrected chi connectivity index (χ2v) is 7.44. The molecule has 1 saturated heterocycles. The monoisotopic (exact) mass is 319 g/mol. The highest BCUT2D eigenvalue weighted by atomic mass is 35.5. The Morgan fingerprint density at radius 2 is 1.81 bits per heavy atom. The van der Waals surface area contributed by atoms with Crippen molar-refractivity contribution in [2.24, 2.45) is 17.1 Å². The van der Waals surface area contributed by atoms with Gasteiger partial charge in [0, 0.05) is 25.0 Å². The van der Waals surface area contributed by atoms with Gasteiger partial charge in [0.15, 0.2) is 0 Å². The van der Waals surface area contributed by atoms with Gasteiger partial charge < -0.3 is 16.0 Å². The lowest BCUT2D eigenvalue weighted by atomic mass is 9.93. The summed E-state index contributed by atoms with van der Waals surface area (Å²) in [6.45, 7) is 11.3. The zero-order valence-electron chi connectivity index (χ0n) is 13.9. The molecule has 1 unspecified atom stereocenters. The van der Waals surface area contributed by atoms with Crippen LogP contribution in [0.2, 0.25) is 0 Å². The number of piperidine rings is 1. The highest BCUT2D eigenvalue weighted by Crippen LogP contribution is 2.19. The molecule has 1 aliphatic rings. The molecule has 0 bridgehead atoms. The first-order valence-electron chi connectivity index (χ1n) is 7.38. The zero-order chi connectivity index (χ0) is 15.6. The maximum absolute atomic E-state index is 12.2. The largest absolute Gasteiger partial charge is 0.355 e. The van der Waals surface area contributed by atoms with E-state index in [1.54, 1.807) is 13.8 Å². The summed E-state index contributed by atoms with van der Waals surface area (Å²) in [5.41, 5.74) is 4.68. The highest BCUT2D eigenvalue weighted by molar-refractivity contribution is 5.85. The van der Waals surface area contributed by atoms with Crippen molar-refractivity contribution >= 4 is 24.2 Å². The molecule has 6 heteroatoms. The van der Waals surface area contributed by atoms with E-state index in [0.29, 0.717) is 19.0 Å². The SMILES string of the molecule is CC(C)(C)C(=O)NCC1CCCN(C(=O)C(C)(C)N)C1.Cl. The normalized spacial score (nSPS) is 19.7. The summed E-state index contributed by atoms with van der Waals surface area (Å²) in [7, 11) is 0. The number of rotatable bonds is 3. The number of likely N-dealkylation sites (tertiary alicyclic amines) is 1. The third-order valence-electron chi connectivity index (χ3n) is 3.59. The maximum atomic E-state index is 12.2. The van der Waals surface area contributed by atoms with E-state index < -0.39 is 5.54 Å². The molecule has 1 atom stereocenters. The summed E-state index contributed by atoms with van der Waals surface area (Å²) in [5, 5.41) is 2.98. The molecule has 21 heavy (non-hydrogen) atoms. The van der Waals surface area contributed by atoms with Gasteiger partial charge in [-0.1, -0.05) is 20.8 Å². The molecule has 0 radical (unpaired) electrons. The van der Waals surface area contributed by atoms with E-state index >= 15 is 0 Å². The average Bonchev–Trinajstić information content (AvgIpc) is 2.33. The molecule has 0 aromatic heterocycles. The number of carbonyl (C=O) groups is 2. The van der Waals surface area contributed by atoms with Crippen LogP contribution in [-0.2, 0) is 9.59 Å².